The number of guanidine groups is 1. The van der Waals surface area contributed by atoms with Gasteiger partial charge in [0.05, 0.1) is 6.54 Å². The molecule has 8 heteroatoms. The number of hydrogen-bond donors (Lipinski definition) is 2. The van der Waals surface area contributed by atoms with Gasteiger partial charge in [-0.3, -0.25) is 9.98 Å². The Balaban J connectivity index is 0.00000182. The largest absolute Gasteiger partial charge is 0.342 e. The molecule has 2 aliphatic heterocycles. The Morgan fingerprint density at radius 3 is 2.80 bits per heavy atom. The fraction of sp³-hybridized carbons (Fsp3) is 0.471. The van der Waals surface area contributed by atoms with E-state index in [1.807, 2.05) is 6.07 Å². The van der Waals surface area contributed by atoms with Gasteiger partial charge in [0.1, 0.15) is 5.82 Å². The lowest BCUT2D eigenvalue weighted by Gasteiger charge is -2.36. The van der Waals surface area contributed by atoms with Crippen molar-refractivity contribution in [2.45, 2.75) is 25.3 Å². The molecule has 0 spiro atoms. The van der Waals surface area contributed by atoms with Crippen LogP contribution in [0.1, 0.15) is 30.1 Å². The van der Waals surface area contributed by atoms with Crippen LogP contribution in [0.15, 0.2) is 40.1 Å². The van der Waals surface area contributed by atoms with Crippen molar-refractivity contribution < 1.29 is 0 Å². The van der Waals surface area contributed by atoms with Gasteiger partial charge < -0.3 is 9.80 Å². The standard InChI is InChI=1S/C17H22N6O.HI/c24-16-19-15(20-21-16)14-7-4-9-22(12-14)17-18-8-10-23(17)11-13-5-2-1-3-6-13;/h1-3,5-6,14H,4,7-12H2,(H2,19,20,21,24);1H. The maximum atomic E-state index is 11.3. The second-order valence-electron chi connectivity index (χ2n) is 6.44. The van der Waals surface area contributed by atoms with E-state index in [2.05, 4.69) is 49.2 Å². The van der Waals surface area contributed by atoms with Crippen LogP contribution in [0.5, 0.6) is 0 Å². The molecule has 1 saturated heterocycles. The maximum absolute atomic E-state index is 11.3. The third-order valence-electron chi connectivity index (χ3n) is 4.73. The molecular formula is C17H23IN6O. The Kier molecular flexibility index (Phi) is 5.77. The number of H-pyrrole nitrogens is 2. The summed E-state index contributed by atoms with van der Waals surface area (Å²) in [6, 6.07) is 10.5. The van der Waals surface area contributed by atoms with Crippen LogP contribution in [0.25, 0.3) is 0 Å². The van der Waals surface area contributed by atoms with Crippen LogP contribution in [0.3, 0.4) is 0 Å². The summed E-state index contributed by atoms with van der Waals surface area (Å²) in [5.74, 6) is 2.10. The highest BCUT2D eigenvalue weighted by Crippen LogP contribution is 2.25. The van der Waals surface area contributed by atoms with Gasteiger partial charge in [-0.05, 0) is 18.4 Å². The van der Waals surface area contributed by atoms with Crippen LogP contribution in [-0.2, 0) is 6.54 Å². The number of hydrogen-bond acceptors (Lipinski definition) is 5. The molecule has 25 heavy (non-hydrogen) atoms. The first-order valence-electron chi connectivity index (χ1n) is 8.52. The molecule has 0 bridgehead atoms. The number of halogens is 1. The van der Waals surface area contributed by atoms with E-state index >= 15 is 0 Å². The Hall–Kier alpha value is -1.84. The fourth-order valence-electron chi connectivity index (χ4n) is 3.58. The van der Waals surface area contributed by atoms with Gasteiger partial charge in [0.25, 0.3) is 0 Å². The third-order valence-corrected chi connectivity index (χ3v) is 4.73. The molecule has 0 saturated carbocycles. The SMILES string of the molecule is I.O=c1[nH]nc(C2CCCN(C3=NCCN3Cc3ccccc3)C2)[nH]1. The summed E-state index contributed by atoms with van der Waals surface area (Å²) in [6.07, 6.45) is 2.13. The minimum atomic E-state index is -0.231. The third kappa shape index (κ3) is 4.05. The first kappa shape index (κ1) is 18.0. The van der Waals surface area contributed by atoms with Crippen molar-refractivity contribution >= 4 is 29.9 Å². The van der Waals surface area contributed by atoms with Crippen LogP contribution < -0.4 is 5.69 Å². The van der Waals surface area contributed by atoms with E-state index in [0.29, 0.717) is 0 Å². The summed E-state index contributed by atoms with van der Waals surface area (Å²) in [7, 11) is 0. The number of aromatic nitrogens is 3. The van der Waals surface area contributed by atoms with Gasteiger partial charge in [-0.25, -0.2) is 9.89 Å². The summed E-state index contributed by atoms with van der Waals surface area (Å²) in [5, 5.41) is 6.59. The predicted molar refractivity (Wildman–Crippen MR) is 107 cm³/mol. The summed E-state index contributed by atoms with van der Waals surface area (Å²) in [6.45, 7) is 4.56. The highest BCUT2D eigenvalue weighted by Gasteiger charge is 2.29. The van der Waals surface area contributed by atoms with Gasteiger partial charge in [-0.1, -0.05) is 30.3 Å². The molecule has 7 nitrogen and oxygen atoms in total. The Morgan fingerprint density at radius 2 is 2.04 bits per heavy atom. The smallest absolute Gasteiger partial charge is 0.340 e. The number of aliphatic imine (C=N–C) groups is 1. The van der Waals surface area contributed by atoms with E-state index in [1.165, 1.54) is 5.56 Å². The number of likely N-dealkylation sites (tertiary alicyclic amines) is 1. The lowest BCUT2D eigenvalue weighted by atomic mass is 9.97. The topological polar surface area (TPSA) is 80.4 Å². The van der Waals surface area contributed by atoms with Crippen molar-refractivity contribution in [3.8, 4) is 0 Å². The van der Waals surface area contributed by atoms with Crippen molar-refractivity contribution in [1.29, 1.82) is 0 Å². The number of nitrogens with zero attached hydrogens (tertiary/aromatic N) is 4. The molecule has 2 N–H and O–H groups in total. The lowest BCUT2D eigenvalue weighted by molar-refractivity contribution is 0.266. The van der Waals surface area contributed by atoms with E-state index in [-0.39, 0.29) is 35.6 Å². The lowest BCUT2D eigenvalue weighted by Crippen LogP contribution is -2.46. The van der Waals surface area contributed by atoms with Gasteiger partial charge in [0.2, 0.25) is 0 Å². The van der Waals surface area contributed by atoms with Crippen LogP contribution >= 0.6 is 24.0 Å². The molecule has 1 aromatic carbocycles. The second-order valence-corrected chi connectivity index (χ2v) is 6.44. The zero-order valence-electron chi connectivity index (χ0n) is 14.0. The van der Waals surface area contributed by atoms with Crippen molar-refractivity contribution in [2.75, 3.05) is 26.2 Å². The molecule has 1 fully saturated rings. The van der Waals surface area contributed by atoms with Crippen LogP contribution in [0.2, 0.25) is 0 Å². The van der Waals surface area contributed by atoms with Crippen LogP contribution in [-0.4, -0.2) is 57.1 Å². The van der Waals surface area contributed by atoms with Gasteiger partial charge in [-0.2, -0.15) is 5.10 Å². The molecule has 2 aliphatic rings. The molecule has 1 aromatic heterocycles. The minimum Gasteiger partial charge on any atom is -0.342 e. The summed E-state index contributed by atoms with van der Waals surface area (Å²) in [4.78, 5) is 23.5. The van der Waals surface area contributed by atoms with E-state index in [9.17, 15) is 4.79 Å². The number of rotatable bonds is 3. The number of piperidine rings is 1. The van der Waals surface area contributed by atoms with Gasteiger partial charge in [-0.15, -0.1) is 24.0 Å². The Morgan fingerprint density at radius 1 is 1.20 bits per heavy atom. The first-order valence-corrected chi connectivity index (χ1v) is 8.52. The van der Waals surface area contributed by atoms with Crippen molar-refractivity contribution in [3.05, 3.63) is 52.2 Å². The first-order chi connectivity index (χ1) is 11.8. The molecular weight excluding hydrogens is 431 g/mol. The average molecular weight is 454 g/mol. The highest BCUT2D eigenvalue weighted by molar-refractivity contribution is 14.0. The normalized spacial score (nSPS) is 20.3. The van der Waals surface area contributed by atoms with E-state index < -0.39 is 0 Å². The van der Waals surface area contributed by atoms with E-state index in [1.54, 1.807) is 0 Å². The van der Waals surface area contributed by atoms with Crippen molar-refractivity contribution in [1.82, 2.24) is 25.0 Å². The second kappa shape index (κ2) is 8.03. The molecule has 0 aliphatic carbocycles. The fourth-order valence-corrected chi connectivity index (χ4v) is 3.58. The molecule has 2 aromatic rings. The summed E-state index contributed by atoms with van der Waals surface area (Å²) >= 11 is 0. The Bertz CT molecular complexity index is 771. The summed E-state index contributed by atoms with van der Waals surface area (Å²) in [5.41, 5.74) is 1.07. The highest BCUT2D eigenvalue weighted by atomic mass is 127. The Labute approximate surface area is 163 Å². The predicted octanol–water partition coefficient (Wildman–Crippen LogP) is 1.77. The van der Waals surface area contributed by atoms with Gasteiger partial charge >= 0.3 is 5.69 Å². The zero-order chi connectivity index (χ0) is 16.4. The van der Waals surface area contributed by atoms with E-state index in [0.717, 1.165) is 57.3 Å². The quantitative estimate of drug-likeness (QED) is 0.693. The van der Waals surface area contributed by atoms with Crippen LogP contribution in [0.4, 0.5) is 0 Å². The van der Waals surface area contributed by atoms with Gasteiger partial charge in [0.15, 0.2) is 5.96 Å². The number of nitrogens with one attached hydrogen (secondary N) is 2. The molecule has 1 unspecified atom stereocenters. The molecule has 0 amide bonds. The molecule has 4 rings (SSSR count). The molecule has 1 atom stereocenters. The minimum absolute atomic E-state index is 0. The van der Waals surface area contributed by atoms with Crippen LogP contribution in [0, 0.1) is 0 Å². The van der Waals surface area contributed by atoms with Crippen molar-refractivity contribution in [2.24, 2.45) is 4.99 Å². The van der Waals surface area contributed by atoms with E-state index in [4.69, 9.17) is 4.99 Å². The molecule has 134 valence electrons. The number of aromatic amines is 2. The maximum Gasteiger partial charge on any atom is 0.340 e. The van der Waals surface area contributed by atoms with Gasteiger partial charge in [0, 0.05) is 32.1 Å². The van der Waals surface area contributed by atoms with Crippen molar-refractivity contribution in [3.63, 3.8) is 0 Å². The average Bonchev–Trinajstić information content (AvgIpc) is 3.25. The monoisotopic (exact) mass is 454 g/mol. The molecule has 3 heterocycles. The number of benzene rings is 1. The summed E-state index contributed by atoms with van der Waals surface area (Å²) < 4.78 is 0. The zero-order valence-corrected chi connectivity index (χ0v) is 16.3. The molecule has 0 radical (unpaired) electrons.